The molecule has 2 heterocycles. The normalized spacial score (nSPS) is 12.1. The number of amidine groups is 1. The molecule has 0 aliphatic rings. The topological polar surface area (TPSA) is 146 Å². The number of non-ortho nitro benzene ring substituents is 1. The average molecular weight is 311 g/mol. The van der Waals surface area contributed by atoms with Crippen molar-refractivity contribution in [2.75, 3.05) is 0 Å². The summed E-state index contributed by atoms with van der Waals surface area (Å²) in [5.41, 5.74) is 6.76. The quantitative estimate of drug-likeness (QED) is 0.330. The van der Waals surface area contributed by atoms with Crippen molar-refractivity contribution in [3.8, 4) is 0 Å². The molecular formula is C13H9N7O3. The molecule has 1 aromatic carbocycles. The molecule has 0 aliphatic carbocycles. The van der Waals surface area contributed by atoms with E-state index in [-0.39, 0.29) is 23.0 Å². The van der Waals surface area contributed by atoms with Gasteiger partial charge in [0.05, 0.1) is 17.2 Å². The molecule has 0 atom stereocenters. The number of fused-ring (bicyclic) bond motifs is 1. The highest BCUT2D eigenvalue weighted by Gasteiger charge is 2.10. The van der Waals surface area contributed by atoms with Crippen LogP contribution < -0.4 is 5.73 Å². The van der Waals surface area contributed by atoms with Crippen molar-refractivity contribution in [2.45, 2.75) is 0 Å². The molecule has 3 aromatic rings. The standard InChI is InChI=1S/C13H9N7O3/c14-13(10-6-15-3-4-16-10)19-17-7-12-18-9-2-1-8(20(21)22)5-11(9)23-12/h1-7H,(H2,14,19)/b17-7+. The molecule has 2 aromatic heterocycles. The third-order valence-corrected chi connectivity index (χ3v) is 2.76. The van der Waals surface area contributed by atoms with Crippen LogP contribution in [0.3, 0.4) is 0 Å². The van der Waals surface area contributed by atoms with Crippen LogP contribution in [0.15, 0.2) is 51.4 Å². The lowest BCUT2D eigenvalue weighted by Crippen LogP contribution is -2.14. The fourth-order valence-electron chi connectivity index (χ4n) is 1.72. The Balaban J connectivity index is 1.82. The summed E-state index contributed by atoms with van der Waals surface area (Å²) >= 11 is 0. The lowest BCUT2D eigenvalue weighted by Gasteiger charge is -1.94. The van der Waals surface area contributed by atoms with Gasteiger partial charge in [0, 0.05) is 18.5 Å². The first-order chi connectivity index (χ1) is 11.1. The molecule has 10 heteroatoms. The van der Waals surface area contributed by atoms with Crippen LogP contribution in [-0.4, -0.2) is 31.9 Å². The summed E-state index contributed by atoms with van der Waals surface area (Å²) in [5, 5.41) is 18.2. The van der Waals surface area contributed by atoms with E-state index in [9.17, 15) is 10.1 Å². The van der Waals surface area contributed by atoms with Crippen molar-refractivity contribution < 1.29 is 9.34 Å². The molecule has 0 saturated heterocycles. The number of nitro groups is 1. The second kappa shape index (κ2) is 5.97. The van der Waals surface area contributed by atoms with Gasteiger partial charge in [-0.2, -0.15) is 5.10 Å². The maximum atomic E-state index is 10.7. The van der Waals surface area contributed by atoms with E-state index in [2.05, 4.69) is 25.2 Å². The Morgan fingerprint density at radius 2 is 2.26 bits per heavy atom. The summed E-state index contributed by atoms with van der Waals surface area (Å²) in [4.78, 5) is 22.1. The Kier molecular flexibility index (Phi) is 3.70. The molecule has 10 nitrogen and oxygen atoms in total. The maximum absolute atomic E-state index is 10.7. The summed E-state index contributed by atoms with van der Waals surface area (Å²) in [6.45, 7) is 0. The summed E-state index contributed by atoms with van der Waals surface area (Å²) < 4.78 is 5.34. The first-order valence-corrected chi connectivity index (χ1v) is 6.31. The van der Waals surface area contributed by atoms with Gasteiger partial charge in [0.15, 0.2) is 11.4 Å². The van der Waals surface area contributed by atoms with Crippen LogP contribution in [0, 0.1) is 10.1 Å². The van der Waals surface area contributed by atoms with Crippen LogP contribution in [-0.2, 0) is 0 Å². The molecule has 2 N–H and O–H groups in total. The molecule has 0 spiro atoms. The number of rotatable bonds is 4. The van der Waals surface area contributed by atoms with Gasteiger partial charge in [-0.25, -0.2) is 9.97 Å². The lowest BCUT2D eigenvalue weighted by molar-refractivity contribution is -0.384. The highest BCUT2D eigenvalue weighted by Crippen LogP contribution is 2.20. The molecule has 3 rings (SSSR count). The summed E-state index contributed by atoms with van der Waals surface area (Å²) in [5.74, 6) is 0.234. The fraction of sp³-hybridized carbons (Fsp3) is 0. The third kappa shape index (κ3) is 3.15. The Morgan fingerprint density at radius 1 is 1.39 bits per heavy atom. The van der Waals surface area contributed by atoms with E-state index in [0.717, 1.165) is 0 Å². The number of benzene rings is 1. The van der Waals surface area contributed by atoms with Crippen molar-refractivity contribution in [2.24, 2.45) is 15.9 Å². The van der Waals surface area contributed by atoms with Crippen LogP contribution in [0.2, 0.25) is 0 Å². The number of nitrogens with zero attached hydrogens (tertiary/aromatic N) is 6. The monoisotopic (exact) mass is 311 g/mol. The largest absolute Gasteiger partial charge is 0.435 e. The SMILES string of the molecule is N/C(=N\N=C\c1nc2ccc([N+](=O)[O-])cc2o1)c1cnccn1. The van der Waals surface area contributed by atoms with Gasteiger partial charge in [-0.05, 0) is 6.07 Å². The van der Waals surface area contributed by atoms with Crippen molar-refractivity contribution in [1.29, 1.82) is 0 Å². The van der Waals surface area contributed by atoms with Gasteiger partial charge in [-0.3, -0.25) is 15.1 Å². The molecule has 0 amide bonds. The summed E-state index contributed by atoms with van der Waals surface area (Å²) in [6.07, 6.45) is 5.69. The number of oxazole rings is 1. The molecule has 23 heavy (non-hydrogen) atoms. The van der Waals surface area contributed by atoms with Crippen LogP contribution >= 0.6 is 0 Å². The molecule has 0 radical (unpaired) electrons. The van der Waals surface area contributed by atoms with E-state index in [1.165, 1.54) is 43.0 Å². The van der Waals surface area contributed by atoms with Crippen LogP contribution in [0.4, 0.5) is 5.69 Å². The van der Waals surface area contributed by atoms with Crippen LogP contribution in [0.5, 0.6) is 0 Å². The van der Waals surface area contributed by atoms with Crippen molar-refractivity contribution in [3.63, 3.8) is 0 Å². The second-order valence-corrected chi connectivity index (χ2v) is 4.28. The predicted molar refractivity (Wildman–Crippen MR) is 81.0 cm³/mol. The maximum Gasteiger partial charge on any atom is 0.273 e. The minimum Gasteiger partial charge on any atom is -0.435 e. The first-order valence-electron chi connectivity index (χ1n) is 6.31. The van der Waals surface area contributed by atoms with E-state index in [1.54, 1.807) is 0 Å². The highest BCUT2D eigenvalue weighted by molar-refractivity contribution is 5.95. The van der Waals surface area contributed by atoms with Gasteiger partial charge in [-0.15, -0.1) is 5.10 Å². The third-order valence-electron chi connectivity index (χ3n) is 2.76. The zero-order valence-corrected chi connectivity index (χ0v) is 11.5. The number of nitrogens with two attached hydrogens (primary N) is 1. The Hall–Kier alpha value is -3.69. The lowest BCUT2D eigenvalue weighted by atomic mass is 10.3. The van der Waals surface area contributed by atoms with E-state index in [4.69, 9.17) is 10.2 Å². The van der Waals surface area contributed by atoms with Gasteiger partial charge in [0.1, 0.15) is 17.4 Å². The summed E-state index contributed by atoms with van der Waals surface area (Å²) in [6, 6.07) is 4.12. The molecule has 0 unspecified atom stereocenters. The zero-order valence-electron chi connectivity index (χ0n) is 11.5. The van der Waals surface area contributed by atoms with Crippen molar-refractivity contribution in [1.82, 2.24) is 15.0 Å². The minimum absolute atomic E-state index is 0.0814. The second-order valence-electron chi connectivity index (χ2n) is 4.28. The molecule has 0 saturated carbocycles. The van der Waals surface area contributed by atoms with Gasteiger partial charge >= 0.3 is 0 Å². The summed E-state index contributed by atoms with van der Waals surface area (Å²) in [7, 11) is 0. The average Bonchev–Trinajstić information content (AvgIpc) is 2.97. The number of nitro benzene ring substituents is 1. The van der Waals surface area contributed by atoms with Gasteiger partial charge < -0.3 is 10.2 Å². The van der Waals surface area contributed by atoms with Crippen molar-refractivity contribution in [3.05, 3.63) is 58.5 Å². The van der Waals surface area contributed by atoms with Crippen molar-refractivity contribution >= 4 is 28.8 Å². The Morgan fingerprint density at radius 3 is 3.00 bits per heavy atom. The highest BCUT2D eigenvalue weighted by atomic mass is 16.6. The van der Waals surface area contributed by atoms with Gasteiger partial charge in [0.25, 0.3) is 5.69 Å². The Labute approximate surface area is 128 Å². The van der Waals surface area contributed by atoms with Gasteiger partial charge in [-0.1, -0.05) is 0 Å². The van der Waals surface area contributed by atoms with Gasteiger partial charge in [0.2, 0.25) is 5.89 Å². The number of hydrogen-bond donors (Lipinski definition) is 1. The molecular weight excluding hydrogens is 302 g/mol. The van der Waals surface area contributed by atoms with E-state index < -0.39 is 4.92 Å². The van der Waals surface area contributed by atoms with E-state index >= 15 is 0 Å². The molecule has 0 bridgehead atoms. The Bertz CT molecular complexity index is 918. The van der Waals surface area contributed by atoms with E-state index in [1.807, 2.05) is 0 Å². The number of aromatic nitrogens is 3. The number of hydrogen-bond acceptors (Lipinski definition) is 8. The predicted octanol–water partition coefficient (Wildman–Crippen LogP) is 1.27. The molecule has 114 valence electrons. The van der Waals surface area contributed by atoms with E-state index in [0.29, 0.717) is 11.2 Å². The molecule has 0 fully saturated rings. The smallest absolute Gasteiger partial charge is 0.273 e. The first kappa shape index (κ1) is 14.3. The fourth-order valence-corrected chi connectivity index (χ4v) is 1.72. The molecule has 0 aliphatic heterocycles. The zero-order chi connectivity index (χ0) is 16.2. The minimum atomic E-state index is -0.512. The van der Waals surface area contributed by atoms with Crippen LogP contribution in [0.25, 0.3) is 11.1 Å². The van der Waals surface area contributed by atoms with Crippen LogP contribution in [0.1, 0.15) is 11.6 Å².